The first-order chi connectivity index (χ1) is 17.3. The molecule has 2 aromatic heterocycles. The predicted octanol–water partition coefficient (Wildman–Crippen LogP) is 8.54. The average molecular weight is 509 g/mol. The lowest BCUT2D eigenvalue weighted by Crippen LogP contribution is -2.42. The average Bonchev–Trinajstić information content (AvgIpc) is 3.60. The molecule has 3 aliphatic rings. The summed E-state index contributed by atoms with van der Waals surface area (Å²) < 4.78 is 0. The Balaban J connectivity index is 1.27. The molecule has 0 N–H and O–H groups in total. The molecule has 6 atom stereocenters. The van der Waals surface area contributed by atoms with Gasteiger partial charge in [0.15, 0.2) is 11.6 Å². The zero-order valence-corrected chi connectivity index (χ0v) is 22.5. The van der Waals surface area contributed by atoms with E-state index in [-0.39, 0.29) is 35.5 Å². The molecule has 0 aliphatic heterocycles. The van der Waals surface area contributed by atoms with Crippen molar-refractivity contribution in [3.63, 3.8) is 0 Å². The van der Waals surface area contributed by atoms with Crippen LogP contribution >= 0.6 is 22.7 Å². The van der Waals surface area contributed by atoms with Gasteiger partial charge in [0.2, 0.25) is 0 Å². The molecule has 2 aromatic carbocycles. The zero-order chi connectivity index (χ0) is 24.9. The van der Waals surface area contributed by atoms with Crippen LogP contribution < -0.4 is 0 Å². The molecule has 4 heteroatoms. The number of hydrogen-bond donors (Lipinski definition) is 0. The van der Waals surface area contributed by atoms with Crippen LogP contribution in [0.5, 0.6) is 0 Å². The Morgan fingerprint density at radius 2 is 0.917 bits per heavy atom. The van der Waals surface area contributed by atoms with Crippen LogP contribution in [-0.2, 0) is 0 Å². The van der Waals surface area contributed by atoms with Gasteiger partial charge in [-0.3, -0.25) is 9.59 Å². The maximum Gasteiger partial charge on any atom is 0.168 e. The van der Waals surface area contributed by atoms with Crippen molar-refractivity contribution in [2.45, 2.75) is 39.5 Å². The van der Waals surface area contributed by atoms with Crippen LogP contribution in [0.15, 0.2) is 60.7 Å². The van der Waals surface area contributed by atoms with E-state index in [4.69, 9.17) is 0 Å². The number of carbonyl (C=O) groups excluding carboxylic acids is 2. The quantitative estimate of drug-likeness (QED) is 0.272. The van der Waals surface area contributed by atoms with E-state index in [9.17, 15) is 9.59 Å². The fourth-order valence-electron chi connectivity index (χ4n) is 7.13. The fourth-order valence-corrected chi connectivity index (χ4v) is 10.0. The van der Waals surface area contributed by atoms with Crippen molar-refractivity contribution in [2.24, 2.45) is 23.7 Å². The first-order valence-corrected chi connectivity index (χ1v) is 14.5. The topological polar surface area (TPSA) is 34.1 Å². The van der Waals surface area contributed by atoms with Gasteiger partial charge in [0.1, 0.15) is 0 Å². The number of hydrogen-bond acceptors (Lipinski definition) is 4. The molecule has 36 heavy (non-hydrogen) atoms. The first kappa shape index (κ1) is 22.4. The van der Waals surface area contributed by atoms with E-state index >= 15 is 0 Å². The molecule has 0 spiro atoms. The Labute approximate surface area is 220 Å². The van der Waals surface area contributed by atoms with Gasteiger partial charge >= 0.3 is 0 Å². The SMILES string of the molecule is Cc1ccc(-c2cc3c(s2)C2C(C)C4C(=O)c5cc(-c6ccc(C)cc6)sc5C4C(C)C2C3=O)cc1. The van der Waals surface area contributed by atoms with Gasteiger partial charge in [-0.25, -0.2) is 0 Å². The highest BCUT2D eigenvalue weighted by Crippen LogP contribution is 2.64. The number of rotatable bonds is 2. The lowest BCUT2D eigenvalue weighted by molar-refractivity contribution is 0.0551. The molecule has 6 unspecified atom stereocenters. The Kier molecular flexibility index (Phi) is 4.87. The minimum Gasteiger partial charge on any atom is -0.294 e. The first-order valence-electron chi connectivity index (χ1n) is 12.8. The van der Waals surface area contributed by atoms with Crippen molar-refractivity contribution in [1.29, 1.82) is 0 Å². The van der Waals surface area contributed by atoms with E-state index < -0.39 is 0 Å². The molecule has 180 valence electrons. The van der Waals surface area contributed by atoms with Gasteiger partial charge in [-0.15, -0.1) is 22.7 Å². The monoisotopic (exact) mass is 508 g/mol. The summed E-state index contributed by atoms with van der Waals surface area (Å²) in [6.07, 6.45) is 0. The zero-order valence-electron chi connectivity index (χ0n) is 20.9. The van der Waals surface area contributed by atoms with Gasteiger partial charge in [0, 0.05) is 54.3 Å². The number of thiophene rings is 2. The molecule has 1 saturated carbocycles. The van der Waals surface area contributed by atoms with Crippen LogP contribution in [0, 0.1) is 37.5 Å². The molecule has 3 aliphatic carbocycles. The highest BCUT2D eigenvalue weighted by molar-refractivity contribution is 7.16. The van der Waals surface area contributed by atoms with Crippen LogP contribution in [0.1, 0.15) is 67.3 Å². The van der Waals surface area contributed by atoms with Gasteiger partial charge in [-0.05, 0) is 48.9 Å². The number of ketones is 2. The summed E-state index contributed by atoms with van der Waals surface area (Å²) in [5.74, 6) is 1.11. The third kappa shape index (κ3) is 3.01. The molecule has 4 aromatic rings. The second kappa shape index (κ2) is 7.84. The highest BCUT2D eigenvalue weighted by Gasteiger charge is 2.60. The van der Waals surface area contributed by atoms with Crippen LogP contribution in [-0.4, -0.2) is 11.6 Å². The maximum absolute atomic E-state index is 13.9. The fraction of sp³-hybridized carbons (Fsp3) is 0.312. The lowest BCUT2D eigenvalue weighted by atomic mass is 9.59. The molecule has 1 fully saturated rings. The van der Waals surface area contributed by atoms with E-state index in [2.05, 4.69) is 88.4 Å². The third-order valence-corrected chi connectivity index (χ3v) is 11.5. The number of aryl methyl sites for hydroxylation is 2. The molecule has 2 nitrogen and oxygen atoms in total. The van der Waals surface area contributed by atoms with Crippen molar-refractivity contribution in [2.75, 3.05) is 0 Å². The summed E-state index contributed by atoms with van der Waals surface area (Å²) in [5, 5.41) is 0. The summed E-state index contributed by atoms with van der Waals surface area (Å²) in [6, 6.07) is 21.3. The van der Waals surface area contributed by atoms with Crippen LogP contribution in [0.25, 0.3) is 20.9 Å². The van der Waals surface area contributed by atoms with E-state index in [0.717, 1.165) is 20.9 Å². The minimum absolute atomic E-state index is 0.0294. The Hall–Kier alpha value is -2.82. The largest absolute Gasteiger partial charge is 0.294 e. The van der Waals surface area contributed by atoms with Gasteiger partial charge in [0.25, 0.3) is 0 Å². The third-order valence-electron chi connectivity index (χ3n) is 8.98. The van der Waals surface area contributed by atoms with Crippen molar-refractivity contribution < 1.29 is 9.59 Å². The molecule has 0 bridgehead atoms. The number of carbonyl (C=O) groups is 2. The summed E-state index contributed by atoms with van der Waals surface area (Å²) in [4.78, 5) is 32.4. The van der Waals surface area contributed by atoms with Gasteiger partial charge < -0.3 is 0 Å². The van der Waals surface area contributed by atoms with Crippen molar-refractivity contribution in [3.05, 3.63) is 92.7 Å². The number of fused-ring (bicyclic) bond motifs is 6. The summed E-state index contributed by atoms with van der Waals surface area (Å²) in [7, 11) is 0. The van der Waals surface area contributed by atoms with Gasteiger partial charge in [-0.2, -0.15) is 0 Å². The van der Waals surface area contributed by atoms with Gasteiger partial charge in [0.05, 0.1) is 0 Å². The molecular formula is C32H28O2S2. The highest BCUT2D eigenvalue weighted by atomic mass is 32.1. The van der Waals surface area contributed by atoms with Gasteiger partial charge in [-0.1, -0.05) is 73.5 Å². The standard InChI is InChI=1S/C32H28O2S2/c1-15-5-9-19(10-6-15)23-13-21-29(33)25-18(4)28-26(17(3)27(25)31(21)35-23)30(34)22-14-24(36-32(22)28)20-11-7-16(2)8-12-20/h5-14,17-18,25-28H,1-4H3. The molecule has 2 heterocycles. The Morgan fingerprint density at radius 1 is 0.556 bits per heavy atom. The molecule has 7 rings (SSSR count). The molecule has 0 amide bonds. The van der Waals surface area contributed by atoms with E-state index in [1.165, 1.54) is 32.0 Å². The normalized spacial score (nSPS) is 28.1. The van der Waals surface area contributed by atoms with Crippen molar-refractivity contribution in [3.8, 4) is 20.9 Å². The van der Waals surface area contributed by atoms with E-state index in [1.54, 1.807) is 22.7 Å². The smallest absolute Gasteiger partial charge is 0.168 e. The second-order valence-corrected chi connectivity index (χ2v) is 13.2. The van der Waals surface area contributed by atoms with Crippen molar-refractivity contribution in [1.82, 2.24) is 0 Å². The Morgan fingerprint density at radius 3 is 1.28 bits per heavy atom. The molecule has 0 radical (unpaired) electrons. The summed E-state index contributed by atoms with van der Waals surface area (Å²) in [5.41, 5.74) is 6.62. The molecule has 0 saturated heterocycles. The summed E-state index contributed by atoms with van der Waals surface area (Å²) in [6.45, 7) is 8.64. The lowest BCUT2D eigenvalue weighted by Gasteiger charge is -2.43. The Bertz CT molecular complexity index is 1420. The summed E-state index contributed by atoms with van der Waals surface area (Å²) >= 11 is 3.54. The van der Waals surface area contributed by atoms with Crippen LogP contribution in [0.3, 0.4) is 0 Å². The molecular weight excluding hydrogens is 480 g/mol. The van der Waals surface area contributed by atoms with Crippen LogP contribution in [0.2, 0.25) is 0 Å². The number of Topliss-reactive ketones (excluding diaryl/α,β-unsaturated/α-hetero) is 2. The predicted molar refractivity (Wildman–Crippen MR) is 148 cm³/mol. The van der Waals surface area contributed by atoms with E-state index in [0.29, 0.717) is 11.6 Å². The van der Waals surface area contributed by atoms with Crippen molar-refractivity contribution >= 4 is 34.2 Å². The minimum atomic E-state index is -0.0294. The number of benzene rings is 2. The van der Waals surface area contributed by atoms with E-state index in [1.807, 2.05) is 0 Å². The maximum atomic E-state index is 13.9. The second-order valence-electron chi connectivity index (χ2n) is 11.1. The van der Waals surface area contributed by atoms with Crippen LogP contribution in [0.4, 0.5) is 0 Å².